The summed E-state index contributed by atoms with van der Waals surface area (Å²) in [5, 5.41) is 1.04. The highest BCUT2D eigenvalue weighted by molar-refractivity contribution is 6.74. The Morgan fingerprint density at radius 3 is 1.98 bits per heavy atom. The standard InChI is InChI=1S/C34H50N2O7Si/c1-8-10-21-30(43-44(6,7)34(3,4)5)24-29(22-23-31(37)40-9-2)36(33(39)42-26-28-19-15-12-16-20-28)35-32(38)41-25-27-17-13-11-14-18-27/h11-20,22-23,29-30H,8-10,21,24-26H2,1-7H3,(H,35,38)/b23-22+/t29-,30-/m1/s1. The van der Waals surface area contributed by atoms with Crippen LogP contribution in [-0.4, -0.2) is 50.2 Å². The zero-order valence-electron chi connectivity index (χ0n) is 27.3. The Bertz CT molecular complexity index is 1180. The van der Waals surface area contributed by atoms with Gasteiger partial charge < -0.3 is 18.6 Å². The lowest BCUT2D eigenvalue weighted by Gasteiger charge is -2.40. The van der Waals surface area contributed by atoms with Gasteiger partial charge in [0.1, 0.15) is 13.2 Å². The number of carbonyl (C=O) groups excluding carboxylic acids is 3. The number of nitrogens with one attached hydrogen (secondary N) is 1. The summed E-state index contributed by atoms with van der Waals surface area (Å²) in [4.78, 5) is 39.0. The van der Waals surface area contributed by atoms with Gasteiger partial charge in [-0.25, -0.2) is 24.8 Å². The lowest BCUT2D eigenvalue weighted by Crippen LogP contribution is -2.53. The molecular weight excluding hydrogens is 576 g/mol. The monoisotopic (exact) mass is 626 g/mol. The fourth-order valence-corrected chi connectivity index (χ4v) is 5.48. The first-order valence-corrected chi connectivity index (χ1v) is 18.3. The van der Waals surface area contributed by atoms with Crippen molar-refractivity contribution >= 4 is 26.5 Å². The van der Waals surface area contributed by atoms with Gasteiger partial charge in [0, 0.05) is 12.2 Å². The van der Waals surface area contributed by atoms with E-state index in [-0.39, 0.29) is 31.0 Å². The lowest BCUT2D eigenvalue weighted by atomic mass is 10.0. The fraction of sp³-hybridized carbons (Fsp3) is 0.500. The van der Waals surface area contributed by atoms with E-state index >= 15 is 0 Å². The Kier molecular flexibility index (Phi) is 15.2. The quantitative estimate of drug-likeness (QED) is 0.0704. The second kappa shape index (κ2) is 18.2. The van der Waals surface area contributed by atoms with E-state index in [0.717, 1.165) is 35.4 Å². The number of amides is 2. The van der Waals surface area contributed by atoms with Crippen molar-refractivity contribution in [2.75, 3.05) is 6.61 Å². The Balaban J connectivity index is 2.41. The summed E-state index contributed by atoms with van der Waals surface area (Å²) in [5.74, 6) is -0.558. The van der Waals surface area contributed by atoms with Crippen LogP contribution in [-0.2, 0) is 36.6 Å². The van der Waals surface area contributed by atoms with Gasteiger partial charge in [0.25, 0.3) is 0 Å². The van der Waals surface area contributed by atoms with Crippen LogP contribution in [0.2, 0.25) is 18.1 Å². The molecule has 242 valence electrons. The molecular formula is C34H50N2O7Si. The minimum Gasteiger partial charge on any atom is -0.463 e. The molecule has 44 heavy (non-hydrogen) atoms. The van der Waals surface area contributed by atoms with Crippen LogP contribution in [0.25, 0.3) is 0 Å². The van der Waals surface area contributed by atoms with Gasteiger partial charge in [-0.15, -0.1) is 0 Å². The van der Waals surface area contributed by atoms with Crippen LogP contribution in [0, 0.1) is 0 Å². The Labute approximate surface area is 264 Å². The smallest absolute Gasteiger partial charge is 0.429 e. The molecule has 2 rings (SSSR count). The van der Waals surface area contributed by atoms with Gasteiger partial charge in [-0.05, 0) is 49.0 Å². The summed E-state index contributed by atoms with van der Waals surface area (Å²) in [6.45, 7) is 14.9. The van der Waals surface area contributed by atoms with E-state index in [1.54, 1.807) is 13.0 Å². The van der Waals surface area contributed by atoms with E-state index in [1.165, 1.54) is 6.08 Å². The van der Waals surface area contributed by atoms with Crippen molar-refractivity contribution in [2.24, 2.45) is 0 Å². The summed E-state index contributed by atoms with van der Waals surface area (Å²) in [5.41, 5.74) is 4.16. The minimum absolute atomic E-state index is 0.00897. The Hall–Kier alpha value is -3.63. The molecule has 0 spiro atoms. The number of hydrogen-bond acceptors (Lipinski definition) is 7. The van der Waals surface area contributed by atoms with Crippen LogP contribution in [0.1, 0.15) is 71.4 Å². The highest BCUT2D eigenvalue weighted by Crippen LogP contribution is 2.38. The molecule has 9 nitrogen and oxygen atoms in total. The highest BCUT2D eigenvalue weighted by atomic mass is 28.4. The molecule has 0 aliphatic carbocycles. The van der Waals surface area contributed by atoms with E-state index < -0.39 is 32.5 Å². The van der Waals surface area contributed by atoms with Gasteiger partial charge >= 0.3 is 18.2 Å². The molecule has 2 atom stereocenters. The van der Waals surface area contributed by atoms with Crippen molar-refractivity contribution in [1.82, 2.24) is 10.4 Å². The van der Waals surface area contributed by atoms with E-state index in [1.807, 2.05) is 60.7 Å². The third-order valence-corrected chi connectivity index (χ3v) is 12.1. The minimum atomic E-state index is -2.21. The van der Waals surface area contributed by atoms with E-state index in [0.29, 0.717) is 6.42 Å². The molecule has 0 saturated heterocycles. The molecule has 0 saturated carbocycles. The van der Waals surface area contributed by atoms with Crippen molar-refractivity contribution in [3.8, 4) is 0 Å². The van der Waals surface area contributed by atoms with Crippen LogP contribution >= 0.6 is 0 Å². The maximum absolute atomic E-state index is 13.6. The molecule has 0 aliphatic heterocycles. The first kappa shape index (κ1) is 36.6. The first-order chi connectivity index (χ1) is 20.9. The van der Waals surface area contributed by atoms with E-state index in [9.17, 15) is 14.4 Å². The predicted octanol–water partition coefficient (Wildman–Crippen LogP) is 7.93. The van der Waals surface area contributed by atoms with Crippen LogP contribution in [0.15, 0.2) is 72.8 Å². The van der Waals surface area contributed by atoms with Crippen molar-refractivity contribution in [3.63, 3.8) is 0 Å². The number of carbonyl (C=O) groups is 3. The number of benzene rings is 2. The molecule has 2 aromatic rings. The van der Waals surface area contributed by atoms with Crippen molar-refractivity contribution in [1.29, 1.82) is 0 Å². The number of hydrazine groups is 1. The van der Waals surface area contributed by atoms with Gasteiger partial charge in [-0.3, -0.25) is 0 Å². The molecule has 2 amide bonds. The average molecular weight is 627 g/mol. The summed E-state index contributed by atoms with van der Waals surface area (Å²) in [7, 11) is -2.21. The maximum Gasteiger partial charge on any atom is 0.429 e. The summed E-state index contributed by atoms with van der Waals surface area (Å²) >= 11 is 0. The van der Waals surface area contributed by atoms with Gasteiger partial charge in [0.15, 0.2) is 8.32 Å². The van der Waals surface area contributed by atoms with Crippen LogP contribution in [0.5, 0.6) is 0 Å². The predicted molar refractivity (Wildman–Crippen MR) is 174 cm³/mol. The molecule has 0 aromatic heterocycles. The fourth-order valence-electron chi connectivity index (χ4n) is 4.08. The van der Waals surface area contributed by atoms with Gasteiger partial charge in [0.2, 0.25) is 0 Å². The molecule has 0 heterocycles. The third kappa shape index (κ3) is 12.9. The Morgan fingerprint density at radius 2 is 1.45 bits per heavy atom. The molecule has 0 fully saturated rings. The van der Waals surface area contributed by atoms with E-state index in [2.05, 4.69) is 46.2 Å². The lowest BCUT2D eigenvalue weighted by molar-refractivity contribution is -0.137. The van der Waals surface area contributed by atoms with Crippen LogP contribution in [0.4, 0.5) is 9.59 Å². The molecule has 0 radical (unpaired) electrons. The molecule has 0 unspecified atom stereocenters. The second-order valence-electron chi connectivity index (χ2n) is 12.1. The Morgan fingerprint density at radius 1 is 0.886 bits per heavy atom. The molecule has 0 bridgehead atoms. The topological polar surface area (TPSA) is 103 Å². The van der Waals surface area contributed by atoms with E-state index in [4.69, 9.17) is 18.6 Å². The number of esters is 1. The SMILES string of the molecule is CCCC[C@H](C[C@@H](/C=C/C(=O)OCC)N(NC(=O)OCc1ccccc1)C(=O)OCc1ccccc1)O[Si](C)(C)C(C)(C)C. The number of ether oxygens (including phenoxy) is 3. The van der Waals surface area contributed by atoms with Crippen molar-refractivity contribution < 1.29 is 33.0 Å². The number of unbranched alkanes of at least 4 members (excludes halogenated alkanes) is 1. The number of hydrogen-bond donors (Lipinski definition) is 1. The summed E-state index contributed by atoms with van der Waals surface area (Å²) in [6.07, 6.45) is 3.87. The number of nitrogens with zero attached hydrogens (tertiary/aromatic N) is 1. The highest BCUT2D eigenvalue weighted by Gasteiger charge is 2.40. The van der Waals surface area contributed by atoms with Crippen LogP contribution < -0.4 is 5.43 Å². The molecule has 2 aromatic carbocycles. The first-order valence-electron chi connectivity index (χ1n) is 15.4. The summed E-state index contributed by atoms with van der Waals surface area (Å²) < 4.78 is 23.0. The molecule has 0 aliphatic rings. The van der Waals surface area contributed by atoms with Gasteiger partial charge in [0.05, 0.1) is 12.6 Å². The van der Waals surface area contributed by atoms with Crippen molar-refractivity contribution in [3.05, 3.63) is 83.9 Å². The van der Waals surface area contributed by atoms with Gasteiger partial charge in [-0.1, -0.05) is 107 Å². The maximum atomic E-state index is 13.6. The zero-order chi connectivity index (χ0) is 32.6. The van der Waals surface area contributed by atoms with Gasteiger partial charge in [-0.2, -0.15) is 0 Å². The normalized spacial score (nSPS) is 13.2. The second-order valence-corrected chi connectivity index (χ2v) is 16.9. The van der Waals surface area contributed by atoms with Crippen molar-refractivity contribution in [2.45, 2.75) is 104 Å². The number of rotatable bonds is 15. The largest absolute Gasteiger partial charge is 0.463 e. The third-order valence-electron chi connectivity index (χ3n) is 7.55. The van der Waals surface area contributed by atoms with Crippen LogP contribution in [0.3, 0.4) is 0 Å². The zero-order valence-corrected chi connectivity index (χ0v) is 28.3. The summed E-state index contributed by atoms with van der Waals surface area (Å²) in [6, 6.07) is 17.7. The average Bonchev–Trinajstić information content (AvgIpc) is 2.99. The molecule has 10 heteroatoms. The molecule has 1 N–H and O–H groups in total.